The zero-order chi connectivity index (χ0) is 15.7. The molecule has 5 atom stereocenters. The Labute approximate surface area is 143 Å². The Hall–Kier alpha value is 0. The molecule has 0 bridgehead atoms. The SMILES string of the molecule is CC1CCC(C(C)C)C([P+]2([S-])CC[C@@H]2Cc2ccccc2)C1. The van der Waals surface area contributed by atoms with Crippen LogP contribution < -0.4 is 0 Å². The number of benzene rings is 1. The van der Waals surface area contributed by atoms with Gasteiger partial charge in [0.15, 0.2) is 0 Å². The molecule has 0 spiro atoms. The Morgan fingerprint density at radius 1 is 1.14 bits per heavy atom. The largest absolute Gasteiger partial charge is 0.556 e. The first-order chi connectivity index (χ1) is 10.5. The van der Waals surface area contributed by atoms with Gasteiger partial charge in [-0.2, -0.15) is 0 Å². The van der Waals surface area contributed by atoms with Crippen molar-refractivity contribution in [1.82, 2.24) is 0 Å². The molecule has 0 nitrogen and oxygen atoms in total. The Morgan fingerprint density at radius 3 is 2.45 bits per heavy atom. The lowest BCUT2D eigenvalue weighted by Crippen LogP contribution is -2.43. The number of rotatable bonds is 4. The summed E-state index contributed by atoms with van der Waals surface area (Å²) in [6, 6.07) is 11.1. The highest BCUT2D eigenvalue weighted by molar-refractivity contribution is 8.43. The molecule has 1 saturated carbocycles. The van der Waals surface area contributed by atoms with Crippen molar-refractivity contribution >= 4 is 18.7 Å². The third-order valence-corrected chi connectivity index (χ3v) is 12.9. The van der Waals surface area contributed by atoms with Crippen LogP contribution in [0.2, 0.25) is 0 Å². The van der Waals surface area contributed by atoms with E-state index in [1.807, 2.05) is 0 Å². The minimum Gasteiger partial charge on any atom is -0.556 e. The Balaban J connectivity index is 1.76. The first kappa shape index (κ1) is 16.8. The zero-order valence-electron chi connectivity index (χ0n) is 14.4. The number of hydrogen-bond acceptors (Lipinski definition) is 1. The number of hydrogen-bond donors (Lipinski definition) is 0. The summed E-state index contributed by atoms with van der Waals surface area (Å²) in [7, 11) is 0. The average Bonchev–Trinajstić information content (AvgIpc) is 2.51. The van der Waals surface area contributed by atoms with Crippen LogP contribution in [0, 0.1) is 17.8 Å². The molecule has 0 amide bonds. The maximum absolute atomic E-state index is 6.43. The van der Waals surface area contributed by atoms with Gasteiger partial charge in [0.25, 0.3) is 0 Å². The van der Waals surface area contributed by atoms with Crippen LogP contribution in [0.4, 0.5) is 0 Å². The lowest BCUT2D eigenvalue weighted by Gasteiger charge is -2.58. The molecule has 1 aromatic rings. The van der Waals surface area contributed by atoms with Crippen LogP contribution >= 0.6 is 6.46 Å². The van der Waals surface area contributed by atoms with Gasteiger partial charge in [0.2, 0.25) is 0 Å². The fraction of sp³-hybridized carbons (Fsp3) is 0.700. The minimum atomic E-state index is -1.16. The molecule has 2 heteroatoms. The molecule has 0 radical (unpaired) electrons. The Bertz CT molecular complexity index is 486. The molecule has 0 N–H and O–H groups in total. The van der Waals surface area contributed by atoms with E-state index < -0.39 is 6.46 Å². The standard InChI is InChI=1S/C20H31PS/c1-15(2)19-10-9-16(3)13-20(19)21(22)12-11-18(21)14-17-7-5-4-6-8-17/h4-8,15-16,18-20H,9-14H2,1-3H3/t16?,18-,19?,20?,21?/m1/s1. The molecule has 0 aromatic heterocycles. The predicted molar refractivity (Wildman–Crippen MR) is 103 cm³/mol. The van der Waals surface area contributed by atoms with Gasteiger partial charge in [0.05, 0.1) is 11.3 Å². The topological polar surface area (TPSA) is 0 Å². The molecule has 1 aromatic carbocycles. The molecule has 22 heavy (non-hydrogen) atoms. The predicted octanol–water partition coefficient (Wildman–Crippen LogP) is 5.94. The Morgan fingerprint density at radius 2 is 1.86 bits per heavy atom. The summed E-state index contributed by atoms with van der Waals surface area (Å²) in [5.41, 5.74) is 3.22. The van der Waals surface area contributed by atoms with Crippen molar-refractivity contribution in [2.45, 2.75) is 64.2 Å². The second kappa shape index (κ2) is 6.86. The van der Waals surface area contributed by atoms with Gasteiger partial charge in [-0.05, 0) is 36.2 Å². The summed E-state index contributed by atoms with van der Waals surface area (Å²) in [4.78, 5) is 0. The third kappa shape index (κ3) is 3.27. The monoisotopic (exact) mass is 334 g/mol. The third-order valence-electron chi connectivity index (χ3n) is 6.29. The molecular formula is C20H31PS. The van der Waals surface area contributed by atoms with Crippen LogP contribution in [-0.2, 0) is 18.7 Å². The average molecular weight is 335 g/mol. The first-order valence-corrected chi connectivity index (χ1v) is 12.3. The molecule has 2 aliphatic rings. The van der Waals surface area contributed by atoms with Gasteiger partial charge in [-0.25, -0.2) is 0 Å². The first-order valence-electron chi connectivity index (χ1n) is 9.13. The van der Waals surface area contributed by atoms with Gasteiger partial charge in [0, 0.05) is 19.0 Å². The van der Waals surface area contributed by atoms with Crippen LogP contribution in [0.5, 0.6) is 0 Å². The van der Waals surface area contributed by atoms with Gasteiger partial charge in [-0.15, -0.1) is 6.46 Å². The molecule has 122 valence electrons. The smallest absolute Gasteiger partial charge is 0.0579 e. The molecule has 1 aliphatic heterocycles. The van der Waals surface area contributed by atoms with Crippen molar-refractivity contribution in [3.05, 3.63) is 35.9 Å². The summed E-state index contributed by atoms with van der Waals surface area (Å²) >= 11 is 6.43. The van der Waals surface area contributed by atoms with E-state index >= 15 is 0 Å². The van der Waals surface area contributed by atoms with Crippen molar-refractivity contribution in [2.24, 2.45) is 17.8 Å². The molecule has 3 rings (SSSR count). The summed E-state index contributed by atoms with van der Waals surface area (Å²) in [5.74, 6) is 2.62. The van der Waals surface area contributed by atoms with Crippen LogP contribution in [0.15, 0.2) is 30.3 Å². The maximum atomic E-state index is 6.43. The molecule has 1 saturated heterocycles. The lowest BCUT2D eigenvalue weighted by atomic mass is 9.77. The van der Waals surface area contributed by atoms with Crippen molar-refractivity contribution in [3.63, 3.8) is 0 Å². The van der Waals surface area contributed by atoms with E-state index in [0.29, 0.717) is 0 Å². The highest BCUT2D eigenvalue weighted by Crippen LogP contribution is 2.77. The molecule has 4 unspecified atom stereocenters. The van der Waals surface area contributed by atoms with Gasteiger partial charge in [-0.3, -0.25) is 0 Å². The van der Waals surface area contributed by atoms with E-state index in [1.165, 1.54) is 43.8 Å². The lowest BCUT2D eigenvalue weighted by molar-refractivity contribution is 0.238. The highest BCUT2D eigenvalue weighted by atomic mass is 32.7. The summed E-state index contributed by atoms with van der Waals surface area (Å²) in [6.45, 7) is 6.16. The highest BCUT2D eigenvalue weighted by Gasteiger charge is 2.52. The summed E-state index contributed by atoms with van der Waals surface area (Å²) < 4.78 is 0. The van der Waals surface area contributed by atoms with E-state index in [4.69, 9.17) is 12.2 Å². The minimum absolute atomic E-state index is 0.815. The van der Waals surface area contributed by atoms with E-state index in [0.717, 1.165) is 29.1 Å². The van der Waals surface area contributed by atoms with E-state index in [9.17, 15) is 0 Å². The second-order valence-electron chi connectivity index (χ2n) is 8.10. The van der Waals surface area contributed by atoms with Crippen molar-refractivity contribution in [1.29, 1.82) is 0 Å². The van der Waals surface area contributed by atoms with E-state index in [-0.39, 0.29) is 0 Å². The van der Waals surface area contributed by atoms with Crippen molar-refractivity contribution < 1.29 is 0 Å². The van der Waals surface area contributed by atoms with Crippen LogP contribution in [0.3, 0.4) is 0 Å². The molecular weight excluding hydrogens is 303 g/mol. The van der Waals surface area contributed by atoms with E-state index in [2.05, 4.69) is 51.1 Å². The summed E-state index contributed by atoms with van der Waals surface area (Å²) in [5, 5.41) is 0. The zero-order valence-corrected chi connectivity index (χ0v) is 16.1. The Kier molecular flexibility index (Phi) is 5.25. The molecule has 1 aliphatic carbocycles. The van der Waals surface area contributed by atoms with Crippen LogP contribution in [-0.4, -0.2) is 17.5 Å². The van der Waals surface area contributed by atoms with Gasteiger partial charge >= 0.3 is 0 Å². The molecule has 2 fully saturated rings. The fourth-order valence-electron chi connectivity index (χ4n) is 4.80. The fourth-order valence-corrected chi connectivity index (χ4v) is 10.8. The maximum Gasteiger partial charge on any atom is 0.0579 e. The normalized spacial score (nSPS) is 38.8. The van der Waals surface area contributed by atoms with Crippen LogP contribution in [0.1, 0.15) is 52.0 Å². The second-order valence-corrected chi connectivity index (χ2v) is 13.7. The van der Waals surface area contributed by atoms with Gasteiger partial charge in [-0.1, -0.05) is 57.5 Å². The van der Waals surface area contributed by atoms with Crippen molar-refractivity contribution in [3.8, 4) is 0 Å². The van der Waals surface area contributed by atoms with Crippen molar-refractivity contribution in [2.75, 3.05) is 6.16 Å². The van der Waals surface area contributed by atoms with Crippen LogP contribution in [0.25, 0.3) is 0 Å². The van der Waals surface area contributed by atoms with Gasteiger partial charge in [0.1, 0.15) is 0 Å². The van der Waals surface area contributed by atoms with E-state index in [1.54, 1.807) is 0 Å². The quantitative estimate of drug-likeness (QED) is 0.485. The molecule has 1 heterocycles. The van der Waals surface area contributed by atoms with Gasteiger partial charge < -0.3 is 12.2 Å². The summed E-state index contributed by atoms with van der Waals surface area (Å²) in [6.07, 6.45) is 8.31.